The summed E-state index contributed by atoms with van der Waals surface area (Å²) in [5.74, 6) is 0. The molecule has 7 aromatic rings. The molecule has 0 radical (unpaired) electrons. The summed E-state index contributed by atoms with van der Waals surface area (Å²) in [7, 11) is 4.57. The van der Waals surface area contributed by atoms with Gasteiger partial charge in [0.15, 0.2) is 6.29 Å². The van der Waals surface area contributed by atoms with E-state index in [4.69, 9.17) is 0 Å². The van der Waals surface area contributed by atoms with E-state index in [0.29, 0.717) is 0 Å². The van der Waals surface area contributed by atoms with Crippen molar-refractivity contribution in [1.29, 1.82) is 0 Å². The van der Waals surface area contributed by atoms with Gasteiger partial charge in [0.05, 0.1) is 17.1 Å². The van der Waals surface area contributed by atoms with Crippen LogP contribution in [-0.4, -0.2) is 23.6 Å². The van der Waals surface area contributed by atoms with Crippen LogP contribution in [0, 0.1) is 0 Å². The number of nitrogens with zero attached hydrogens (tertiary/aromatic N) is 3. The third-order valence-corrected chi connectivity index (χ3v) is 10.4. The van der Waals surface area contributed by atoms with E-state index in [1.165, 1.54) is 71.6 Å². The minimum Gasteiger partial charge on any atom is -0.341 e. The van der Waals surface area contributed by atoms with E-state index >= 15 is 0 Å². The summed E-state index contributed by atoms with van der Waals surface area (Å²) < 4.78 is 2.66. The number of fused-ring (bicyclic) bond motifs is 9. The van der Waals surface area contributed by atoms with E-state index in [2.05, 4.69) is 170 Å². The average molecular weight is 570 g/mol. The highest BCUT2D eigenvalue weighted by atomic mass is 15.5. The van der Waals surface area contributed by atoms with Crippen LogP contribution >= 0.6 is 0 Å². The molecule has 2 heterocycles. The molecule has 0 fully saturated rings. The molecule has 0 bridgehead atoms. The van der Waals surface area contributed by atoms with E-state index < -0.39 is 0 Å². The molecular weight excluding hydrogens is 534 g/mol. The summed E-state index contributed by atoms with van der Waals surface area (Å²) in [4.78, 5) is 5.05. The molecule has 0 N–H and O–H groups in total. The first-order chi connectivity index (χ1) is 21.4. The van der Waals surface area contributed by atoms with Crippen molar-refractivity contribution in [3.05, 3.63) is 150 Å². The Hall–Kier alpha value is -4.86. The van der Waals surface area contributed by atoms with Crippen molar-refractivity contribution in [1.82, 2.24) is 9.47 Å². The second-order valence-electron chi connectivity index (χ2n) is 13.1. The van der Waals surface area contributed by atoms with Crippen LogP contribution in [-0.2, 0) is 5.41 Å². The standard InChI is InChI=1S/C41H35N3/c1-41(2)34-20-12-10-18-29(34)30-22-23-31-33-24-27-16-8-9-17-28(27)25-36(33)44(39(31)37(30)41)40-42(3)35-21-13-11-19-32(35)38(43(40)4)26-14-6-5-7-15-26/h5-25,38,40H,1-4H3. The van der Waals surface area contributed by atoms with Gasteiger partial charge in [0, 0.05) is 28.9 Å². The second kappa shape index (κ2) is 9.07. The lowest BCUT2D eigenvalue weighted by molar-refractivity contribution is 0.134. The molecule has 6 aromatic carbocycles. The number of benzene rings is 6. The van der Waals surface area contributed by atoms with Crippen molar-refractivity contribution in [3.8, 4) is 11.1 Å². The summed E-state index contributed by atoms with van der Waals surface area (Å²) in [6.07, 6.45) is -0.0534. The Balaban J connectivity index is 1.42. The number of para-hydroxylation sites is 1. The number of aromatic nitrogens is 1. The Labute approximate surface area is 258 Å². The van der Waals surface area contributed by atoms with E-state index in [1.54, 1.807) is 0 Å². The van der Waals surface area contributed by atoms with E-state index in [0.717, 1.165) is 0 Å². The monoisotopic (exact) mass is 569 g/mol. The van der Waals surface area contributed by atoms with Crippen molar-refractivity contribution in [2.75, 3.05) is 19.0 Å². The Morgan fingerprint density at radius 1 is 0.614 bits per heavy atom. The Bertz CT molecular complexity index is 2260. The van der Waals surface area contributed by atoms with Gasteiger partial charge in [-0.1, -0.05) is 123 Å². The fourth-order valence-corrected chi connectivity index (χ4v) is 8.51. The van der Waals surface area contributed by atoms with Gasteiger partial charge in [-0.15, -0.1) is 0 Å². The van der Waals surface area contributed by atoms with Gasteiger partial charge in [-0.3, -0.25) is 4.90 Å². The average Bonchev–Trinajstić information content (AvgIpc) is 3.48. The third kappa shape index (κ3) is 3.31. The minimum absolute atomic E-state index is 0.0534. The van der Waals surface area contributed by atoms with Crippen LogP contribution in [0.25, 0.3) is 43.7 Å². The maximum absolute atomic E-state index is 2.66. The van der Waals surface area contributed by atoms with Crippen LogP contribution < -0.4 is 4.90 Å². The number of hydrogen-bond acceptors (Lipinski definition) is 2. The summed E-state index contributed by atoms with van der Waals surface area (Å²) >= 11 is 0. The number of anilines is 1. The van der Waals surface area contributed by atoms with Crippen molar-refractivity contribution in [3.63, 3.8) is 0 Å². The van der Waals surface area contributed by atoms with Gasteiger partial charge in [-0.2, -0.15) is 0 Å². The van der Waals surface area contributed by atoms with Gasteiger partial charge >= 0.3 is 0 Å². The fraction of sp³-hybridized carbons (Fsp3) is 0.171. The zero-order valence-corrected chi connectivity index (χ0v) is 25.6. The third-order valence-electron chi connectivity index (χ3n) is 10.4. The molecule has 1 aliphatic carbocycles. The SMILES string of the molecule is CN1c2ccccc2C(c2ccccc2)N(C)C1n1c2cc3ccccc3cc2c2ccc3c(c21)C(C)(C)c1ccccc1-3. The largest absolute Gasteiger partial charge is 0.341 e. The van der Waals surface area contributed by atoms with Gasteiger partial charge < -0.3 is 9.47 Å². The molecule has 1 aliphatic heterocycles. The molecular formula is C41H35N3. The maximum Gasteiger partial charge on any atom is 0.165 e. The van der Waals surface area contributed by atoms with Crippen molar-refractivity contribution < 1.29 is 0 Å². The molecule has 3 nitrogen and oxygen atoms in total. The molecule has 2 aliphatic rings. The Kier molecular flexibility index (Phi) is 5.28. The topological polar surface area (TPSA) is 11.4 Å². The summed E-state index contributed by atoms with van der Waals surface area (Å²) in [6.45, 7) is 4.82. The maximum atomic E-state index is 2.66. The summed E-state index contributed by atoms with van der Waals surface area (Å²) in [6, 6.07) is 47.4. The Morgan fingerprint density at radius 3 is 2.11 bits per heavy atom. The van der Waals surface area contributed by atoms with Crippen molar-refractivity contribution >= 4 is 38.3 Å². The fourth-order valence-electron chi connectivity index (χ4n) is 8.51. The molecule has 0 amide bonds. The zero-order valence-electron chi connectivity index (χ0n) is 25.6. The van der Waals surface area contributed by atoms with E-state index in [-0.39, 0.29) is 17.7 Å². The molecule has 0 saturated carbocycles. The Morgan fingerprint density at radius 2 is 1.30 bits per heavy atom. The smallest absolute Gasteiger partial charge is 0.165 e. The van der Waals surface area contributed by atoms with Gasteiger partial charge in [0.25, 0.3) is 0 Å². The van der Waals surface area contributed by atoms with Crippen molar-refractivity contribution in [2.45, 2.75) is 31.6 Å². The van der Waals surface area contributed by atoms with Crippen LogP contribution in [0.2, 0.25) is 0 Å². The highest BCUT2D eigenvalue weighted by molar-refractivity contribution is 6.15. The van der Waals surface area contributed by atoms with Gasteiger partial charge in [0.1, 0.15) is 0 Å². The lowest BCUT2D eigenvalue weighted by atomic mass is 9.81. The molecule has 2 unspecified atom stereocenters. The molecule has 2 atom stereocenters. The second-order valence-corrected chi connectivity index (χ2v) is 13.1. The van der Waals surface area contributed by atoms with E-state index in [9.17, 15) is 0 Å². The molecule has 0 saturated heterocycles. The van der Waals surface area contributed by atoms with Gasteiger partial charge in [0.2, 0.25) is 0 Å². The normalized spacial score (nSPS) is 19.0. The lowest BCUT2D eigenvalue weighted by Gasteiger charge is -2.48. The van der Waals surface area contributed by atoms with Crippen LogP contribution in [0.3, 0.4) is 0 Å². The quantitative estimate of drug-likeness (QED) is 0.205. The first kappa shape index (κ1) is 25.6. The highest BCUT2D eigenvalue weighted by Crippen LogP contribution is 2.54. The van der Waals surface area contributed by atoms with E-state index in [1.807, 2.05) is 0 Å². The predicted octanol–water partition coefficient (Wildman–Crippen LogP) is 9.88. The summed E-state index contributed by atoms with van der Waals surface area (Å²) in [5.41, 5.74) is 11.9. The first-order valence-electron chi connectivity index (χ1n) is 15.6. The molecule has 44 heavy (non-hydrogen) atoms. The van der Waals surface area contributed by atoms with Gasteiger partial charge in [-0.05, 0) is 69.4 Å². The predicted molar refractivity (Wildman–Crippen MR) is 184 cm³/mol. The highest BCUT2D eigenvalue weighted by Gasteiger charge is 2.42. The molecule has 1 aromatic heterocycles. The van der Waals surface area contributed by atoms with Crippen LogP contribution in [0.5, 0.6) is 0 Å². The molecule has 214 valence electrons. The van der Waals surface area contributed by atoms with Crippen LogP contribution in [0.15, 0.2) is 127 Å². The number of hydrogen-bond donors (Lipinski definition) is 0. The molecule has 3 heteroatoms. The van der Waals surface area contributed by atoms with Crippen molar-refractivity contribution in [2.24, 2.45) is 0 Å². The summed E-state index contributed by atoms with van der Waals surface area (Å²) in [5, 5.41) is 5.18. The zero-order chi connectivity index (χ0) is 29.7. The molecule has 9 rings (SSSR count). The van der Waals surface area contributed by atoms with Crippen LogP contribution in [0.1, 0.15) is 48.4 Å². The molecule has 0 spiro atoms. The van der Waals surface area contributed by atoms with Crippen LogP contribution in [0.4, 0.5) is 5.69 Å². The minimum atomic E-state index is -0.139. The lowest BCUT2D eigenvalue weighted by Crippen LogP contribution is -2.47. The first-order valence-corrected chi connectivity index (χ1v) is 15.6. The van der Waals surface area contributed by atoms with Gasteiger partial charge in [-0.25, -0.2) is 0 Å². The number of rotatable bonds is 2.